The minimum atomic E-state index is -0.835. The van der Waals surface area contributed by atoms with Crippen molar-refractivity contribution < 1.29 is 23.8 Å². The first-order chi connectivity index (χ1) is 12.9. The number of fused-ring (bicyclic) bond motifs is 1. The molecule has 0 saturated carbocycles. The minimum absolute atomic E-state index is 0.0247. The highest BCUT2D eigenvalue weighted by Crippen LogP contribution is 2.34. The molecule has 1 aliphatic heterocycles. The van der Waals surface area contributed by atoms with E-state index in [9.17, 15) is 9.59 Å². The molecule has 2 aromatic carbocycles. The molecule has 1 unspecified atom stereocenters. The van der Waals surface area contributed by atoms with Crippen molar-refractivity contribution in [2.24, 2.45) is 0 Å². The van der Waals surface area contributed by atoms with Gasteiger partial charge in [-0.25, -0.2) is 4.79 Å². The number of hydrogen-bond acceptors (Lipinski definition) is 5. The lowest BCUT2D eigenvalue weighted by Gasteiger charge is -2.15. The van der Waals surface area contributed by atoms with Crippen LogP contribution >= 0.6 is 34.8 Å². The molecular weight excluding hydrogens is 417 g/mol. The van der Waals surface area contributed by atoms with Gasteiger partial charge in [0.25, 0.3) is 5.91 Å². The van der Waals surface area contributed by atoms with Crippen molar-refractivity contribution in [3.63, 3.8) is 0 Å². The predicted molar refractivity (Wildman–Crippen MR) is 101 cm³/mol. The summed E-state index contributed by atoms with van der Waals surface area (Å²) in [6.07, 6.45) is 0. The van der Waals surface area contributed by atoms with Gasteiger partial charge in [0.1, 0.15) is 0 Å². The number of carbonyl (C=O) groups excluding carboxylic acids is 2. The molecule has 9 heteroatoms. The van der Waals surface area contributed by atoms with Gasteiger partial charge < -0.3 is 19.5 Å². The Bertz CT molecular complexity index is 903. The number of esters is 1. The maximum atomic E-state index is 12.2. The Labute approximate surface area is 170 Å². The zero-order valence-electron chi connectivity index (χ0n) is 14.1. The Morgan fingerprint density at radius 1 is 1.11 bits per heavy atom. The van der Waals surface area contributed by atoms with Gasteiger partial charge in [-0.05, 0) is 36.8 Å². The van der Waals surface area contributed by atoms with Crippen molar-refractivity contribution in [2.45, 2.75) is 13.0 Å². The predicted octanol–water partition coefficient (Wildman–Crippen LogP) is 4.41. The SMILES string of the molecule is CC(NC(=O)COC(=O)c1c(Cl)ccc(Cl)c1Cl)c1ccc2c(c1)OCO2. The lowest BCUT2D eigenvalue weighted by molar-refractivity contribution is -0.124. The summed E-state index contributed by atoms with van der Waals surface area (Å²) in [6, 6.07) is 7.92. The highest BCUT2D eigenvalue weighted by Gasteiger charge is 2.21. The van der Waals surface area contributed by atoms with Gasteiger partial charge in [0.15, 0.2) is 18.1 Å². The molecule has 2 aromatic rings. The zero-order chi connectivity index (χ0) is 19.6. The fourth-order valence-corrected chi connectivity index (χ4v) is 3.15. The van der Waals surface area contributed by atoms with Gasteiger partial charge in [0.05, 0.1) is 26.7 Å². The number of amides is 1. The van der Waals surface area contributed by atoms with E-state index in [0.29, 0.717) is 11.5 Å². The molecule has 1 atom stereocenters. The van der Waals surface area contributed by atoms with Gasteiger partial charge in [-0.15, -0.1) is 0 Å². The summed E-state index contributed by atoms with van der Waals surface area (Å²) in [5, 5.41) is 2.95. The maximum absolute atomic E-state index is 12.2. The van der Waals surface area contributed by atoms with Gasteiger partial charge in [-0.1, -0.05) is 40.9 Å². The number of hydrogen-bond donors (Lipinski definition) is 1. The Kier molecular flexibility index (Phi) is 5.99. The molecule has 1 aliphatic rings. The smallest absolute Gasteiger partial charge is 0.341 e. The Morgan fingerprint density at radius 3 is 2.59 bits per heavy atom. The van der Waals surface area contributed by atoms with Crippen molar-refractivity contribution >= 4 is 46.7 Å². The van der Waals surface area contributed by atoms with E-state index in [1.165, 1.54) is 12.1 Å². The van der Waals surface area contributed by atoms with Crippen molar-refractivity contribution in [1.29, 1.82) is 0 Å². The van der Waals surface area contributed by atoms with E-state index in [4.69, 9.17) is 49.0 Å². The first-order valence-electron chi connectivity index (χ1n) is 7.86. The lowest BCUT2D eigenvalue weighted by Crippen LogP contribution is -2.31. The zero-order valence-corrected chi connectivity index (χ0v) is 16.3. The molecule has 142 valence electrons. The van der Waals surface area contributed by atoms with Crippen LogP contribution in [0.25, 0.3) is 0 Å². The number of ether oxygens (including phenoxy) is 3. The van der Waals surface area contributed by atoms with Crippen LogP contribution in [0.2, 0.25) is 15.1 Å². The van der Waals surface area contributed by atoms with E-state index >= 15 is 0 Å². The number of halogens is 3. The van der Waals surface area contributed by atoms with Crippen molar-refractivity contribution in [1.82, 2.24) is 5.32 Å². The Balaban J connectivity index is 1.58. The van der Waals surface area contributed by atoms with E-state index in [2.05, 4.69) is 5.32 Å². The third-order valence-corrected chi connectivity index (χ3v) is 4.98. The lowest BCUT2D eigenvalue weighted by atomic mass is 10.1. The second-order valence-corrected chi connectivity index (χ2v) is 6.89. The van der Waals surface area contributed by atoms with E-state index in [0.717, 1.165) is 5.56 Å². The molecule has 1 heterocycles. The van der Waals surface area contributed by atoms with Crippen LogP contribution < -0.4 is 14.8 Å². The molecule has 0 aliphatic carbocycles. The van der Waals surface area contributed by atoms with Gasteiger partial charge in [0.2, 0.25) is 6.79 Å². The third kappa shape index (κ3) is 4.40. The second kappa shape index (κ2) is 8.25. The average Bonchev–Trinajstić information content (AvgIpc) is 3.11. The molecule has 0 radical (unpaired) electrons. The molecule has 0 aromatic heterocycles. The standard InChI is InChI=1S/C18H14Cl3NO5/c1-9(10-2-5-13-14(6-10)27-8-26-13)22-15(23)7-25-18(24)16-11(19)3-4-12(20)17(16)21/h2-6,9H,7-8H2,1H3,(H,22,23). The third-order valence-electron chi connectivity index (χ3n) is 3.86. The Morgan fingerprint density at radius 2 is 1.81 bits per heavy atom. The van der Waals surface area contributed by atoms with E-state index in [-0.39, 0.29) is 33.5 Å². The Hall–Kier alpha value is -2.15. The van der Waals surface area contributed by atoms with Crippen LogP contribution in [0.3, 0.4) is 0 Å². The molecule has 0 spiro atoms. The monoisotopic (exact) mass is 429 g/mol. The van der Waals surface area contributed by atoms with Gasteiger partial charge >= 0.3 is 5.97 Å². The summed E-state index contributed by atoms with van der Waals surface area (Å²) >= 11 is 17.8. The molecular formula is C18H14Cl3NO5. The summed E-state index contributed by atoms with van der Waals surface area (Å²) < 4.78 is 15.6. The molecule has 0 fully saturated rings. The van der Waals surface area contributed by atoms with Crippen molar-refractivity contribution in [3.8, 4) is 11.5 Å². The van der Waals surface area contributed by atoms with Crippen LogP contribution in [0.15, 0.2) is 30.3 Å². The molecule has 3 rings (SSSR count). The van der Waals surface area contributed by atoms with Crippen LogP contribution in [0.4, 0.5) is 0 Å². The minimum Gasteiger partial charge on any atom is -0.454 e. The van der Waals surface area contributed by atoms with E-state index in [1.807, 2.05) is 6.07 Å². The molecule has 27 heavy (non-hydrogen) atoms. The molecule has 1 N–H and O–H groups in total. The summed E-state index contributed by atoms with van der Waals surface area (Å²) in [7, 11) is 0. The van der Waals surface area contributed by atoms with Gasteiger partial charge in [-0.3, -0.25) is 4.79 Å². The molecule has 0 saturated heterocycles. The molecule has 1 amide bonds. The van der Waals surface area contributed by atoms with E-state index in [1.54, 1.807) is 19.1 Å². The quantitative estimate of drug-likeness (QED) is 0.562. The number of nitrogens with one attached hydrogen (secondary N) is 1. The largest absolute Gasteiger partial charge is 0.454 e. The summed E-state index contributed by atoms with van der Waals surface area (Å²) in [4.78, 5) is 24.3. The fourth-order valence-electron chi connectivity index (χ4n) is 2.47. The highest BCUT2D eigenvalue weighted by molar-refractivity contribution is 6.46. The van der Waals surface area contributed by atoms with Crippen molar-refractivity contribution in [3.05, 3.63) is 56.5 Å². The highest BCUT2D eigenvalue weighted by atomic mass is 35.5. The fraction of sp³-hybridized carbons (Fsp3) is 0.222. The number of rotatable bonds is 5. The number of benzene rings is 2. The first-order valence-corrected chi connectivity index (χ1v) is 8.99. The topological polar surface area (TPSA) is 73.9 Å². The van der Waals surface area contributed by atoms with Crippen molar-refractivity contribution in [2.75, 3.05) is 13.4 Å². The van der Waals surface area contributed by atoms with Crippen LogP contribution in [-0.2, 0) is 9.53 Å². The summed E-state index contributed by atoms with van der Waals surface area (Å²) in [5.74, 6) is -0.0482. The molecule has 6 nitrogen and oxygen atoms in total. The van der Waals surface area contributed by atoms with Crippen LogP contribution in [0.1, 0.15) is 28.9 Å². The van der Waals surface area contributed by atoms with Gasteiger partial charge in [-0.2, -0.15) is 0 Å². The first kappa shape index (κ1) is 19.6. The van der Waals surface area contributed by atoms with E-state index < -0.39 is 18.5 Å². The van der Waals surface area contributed by atoms with Gasteiger partial charge in [0, 0.05) is 0 Å². The second-order valence-electron chi connectivity index (χ2n) is 5.70. The maximum Gasteiger partial charge on any atom is 0.341 e. The average molecular weight is 431 g/mol. The van der Waals surface area contributed by atoms with Crippen LogP contribution in [0.5, 0.6) is 11.5 Å². The van der Waals surface area contributed by atoms with Crippen LogP contribution in [-0.4, -0.2) is 25.3 Å². The summed E-state index contributed by atoms with van der Waals surface area (Å²) in [6.45, 7) is 1.47. The summed E-state index contributed by atoms with van der Waals surface area (Å²) in [5.41, 5.74) is 0.738. The normalized spacial score (nSPS) is 13.2. The number of carbonyl (C=O) groups is 2. The molecule has 0 bridgehead atoms. The van der Waals surface area contributed by atoms with Crippen LogP contribution in [0, 0.1) is 0 Å².